The van der Waals surface area contributed by atoms with Gasteiger partial charge in [-0.25, -0.2) is 9.97 Å². The van der Waals surface area contributed by atoms with E-state index in [0.29, 0.717) is 28.8 Å². The van der Waals surface area contributed by atoms with Crippen LogP contribution in [0.2, 0.25) is 0 Å². The maximum atomic E-state index is 12.9. The predicted molar refractivity (Wildman–Crippen MR) is 114 cm³/mol. The summed E-state index contributed by atoms with van der Waals surface area (Å²) in [6.45, 7) is 4.02. The molecule has 0 aliphatic rings. The summed E-state index contributed by atoms with van der Waals surface area (Å²) in [5.41, 5.74) is 1.67. The lowest BCUT2D eigenvalue weighted by Crippen LogP contribution is -2.17. The van der Waals surface area contributed by atoms with Gasteiger partial charge in [0.2, 0.25) is 0 Å². The summed E-state index contributed by atoms with van der Waals surface area (Å²) >= 11 is 0. The number of aromatic nitrogens is 2. The molecule has 0 saturated carbocycles. The summed E-state index contributed by atoms with van der Waals surface area (Å²) in [5, 5.41) is 6.09. The molecule has 0 bridgehead atoms. The van der Waals surface area contributed by atoms with E-state index in [1.165, 1.54) is 0 Å². The Morgan fingerprint density at radius 2 is 1.66 bits per heavy atom. The van der Waals surface area contributed by atoms with E-state index in [-0.39, 0.29) is 17.6 Å². The molecule has 150 valence electrons. The van der Waals surface area contributed by atoms with Gasteiger partial charge in [0.25, 0.3) is 5.91 Å². The van der Waals surface area contributed by atoms with Gasteiger partial charge in [0.15, 0.2) is 17.3 Å². The quantitative estimate of drug-likeness (QED) is 0.626. The molecular formula is C22H24N4O3. The molecule has 0 unspecified atom stereocenters. The molecule has 7 heteroatoms. The maximum absolute atomic E-state index is 12.9. The summed E-state index contributed by atoms with van der Waals surface area (Å²) in [6.07, 6.45) is 0. The number of nitrogens with zero attached hydrogens (tertiary/aromatic N) is 2. The highest BCUT2D eigenvalue weighted by Crippen LogP contribution is 2.30. The van der Waals surface area contributed by atoms with Crippen molar-refractivity contribution in [2.45, 2.75) is 19.9 Å². The number of carbonyl (C=O) groups excluding carboxylic acids is 1. The molecule has 1 aromatic heterocycles. The van der Waals surface area contributed by atoms with Gasteiger partial charge in [0.1, 0.15) is 11.5 Å². The first-order chi connectivity index (χ1) is 14.0. The molecule has 3 aromatic rings. The highest BCUT2D eigenvalue weighted by molar-refractivity contribution is 6.03. The Morgan fingerprint density at radius 1 is 0.931 bits per heavy atom. The smallest absolute Gasteiger partial charge is 0.274 e. The lowest BCUT2D eigenvalue weighted by Gasteiger charge is -2.13. The van der Waals surface area contributed by atoms with E-state index < -0.39 is 0 Å². The second-order valence-electron chi connectivity index (χ2n) is 6.65. The third kappa shape index (κ3) is 5.01. The van der Waals surface area contributed by atoms with Crippen molar-refractivity contribution in [3.8, 4) is 22.9 Å². The zero-order valence-electron chi connectivity index (χ0n) is 16.9. The number of anilines is 2. The van der Waals surface area contributed by atoms with Crippen molar-refractivity contribution >= 4 is 17.4 Å². The monoisotopic (exact) mass is 392 g/mol. The van der Waals surface area contributed by atoms with E-state index in [2.05, 4.69) is 20.6 Å². The number of methoxy groups -OCH3 is 2. The van der Waals surface area contributed by atoms with E-state index >= 15 is 0 Å². The number of benzene rings is 2. The molecular weight excluding hydrogens is 368 g/mol. The van der Waals surface area contributed by atoms with E-state index in [1.54, 1.807) is 38.5 Å². The molecule has 0 spiro atoms. The van der Waals surface area contributed by atoms with Crippen LogP contribution >= 0.6 is 0 Å². The molecule has 1 heterocycles. The minimum absolute atomic E-state index is 0.162. The van der Waals surface area contributed by atoms with Crippen molar-refractivity contribution in [2.75, 3.05) is 24.9 Å². The largest absolute Gasteiger partial charge is 0.493 e. The van der Waals surface area contributed by atoms with Gasteiger partial charge in [0.05, 0.1) is 14.2 Å². The van der Waals surface area contributed by atoms with Crippen molar-refractivity contribution in [2.24, 2.45) is 0 Å². The van der Waals surface area contributed by atoms with E-state index in [4.69, 9.17) is 9.47 Å². The number of rotatable bonds is 7. The van der Waals surface area contributed by atoms with E-state index in [1.807, 2.05) is 44.2 Å². The molecule has 0 radical (unpaired) electrons. The van der Waals surface area contributed by atoms with Gasteiger partial charge in [-0.3, -0.25) is 4.79 Å². The van der Waals surface area contributed by atoms with Crippen molar-refractivity contribution in [3.63, 3.8) is 0 Å². The fourth-order valence-electron chi connectivity index (χ4n) is 2.76. The SMILES string of the molecule is COc1ccc(NC(=O)c2cc(NC(C)C)nc(-c3ccccc3)n2)cc1OC. The van der Waals surface area contributed by atoms with Crippen molar-refractivity contribution in [1.29, 1.82) is 0 Å². The molecule has 2 aromatic carbocycles. The molecule has 29 heavy (non-hydrogen) atoms. The van der Waals surface area contributed by atoms with Crippen LogP contribution in [0.15, 0.2) is 54.6 Å². The van der Waals surface area contributed by atoms with Crippen LogP contribution in [0.3, 0.4) is 0 Å². The first kappa shape index (κ1) is 20.1. The Morgan fingerprint density at radius 3 is 2.31 bits per heavy atom. The van der Waals surface area contributed by atoms with Crippen molar-refractivity contribution < 1.29 is 14.3 Å². The first-order valence-corrected chi connectivity index (χ1v) is 9.24. The van der Waals surface area contributed by atoms with Gasteiger partial charge >= 0.3 is 0 Å². The van der Waals surface area contributed by atoms with Crippen LogP contribution in [0.5, 0.6) is 11.5 Å². The first-order valence-electron chi connectivity index (χ1n) is 9.24. The molecule has 3 rings (SSSR count). The molecule has 0 atom stereocenters. The second-order valence-corrected chi connectivity index (χ2v) is 6.65. The fraction of sp³-hybridized carbons (Fsp3) is 0.227. The standard InChI is InChI=1S/C22H24N4O3/c1-14(2)23-20-13-17(25-21(26-20)15-8-6-5-7-9-15)22(27)24-16-10-11-18(28-3)19(12-16)29-4/h5-14H,1-4H3,(H,24,27)(H,23,25,26). The zero-order chi connectivity index (χ0) is 20.8. The van der Waals surface area contributed by atoms with E-state index in [9.17, 15) is 4.79 Å². The van der Waals surface area contributed by atoms with Crippen LogP contribution < -0.4 is 20.1 Å². The highest BCUT2D eigenvalue weighted by atomic mass is 16.5. The lowest BCUT2D eigenvalue weighted by atomic mass is 10.2. The lowest BCUT2D eigenvalue weighted by molar-refractivity contribution is 0.102. The molecule has 0 fully saturated rings. The minimum Gasteiger partial charge on any atom is -0.493 e. The van der Waals surface area contributed by atoms with Crippen LogP contribution in [0.25, 0.3) is 11.4 Å². The zero-order valence-corrected chi connectivity index (χ0v) is 16.9. The van der Waals surface area contributed by atoms with Crippen LogP contribution in [0.4, 0.5) is 11.5 Å². The number of amides is 1. The summed E-state index contributed by atoms with van der Waals surface area (Å²) in [7, 11) is 3.11. The summed E-state index contributed by atoms with van der Waals surface area (Å²) in [5.74, 6) is 1.84. The topological polar surface area (TPSA) is 85.4 Å². The third-order valence-corrected chi connectivity index (χ3v) is 4.07. The molecule has 1 amide bonds. The Labute approximate surface area is 170 Å². The van der Waals surface area contributed by atoms with Crippen molar-refractivity contribution in [3.05, 3.63) is 60.3 Å². The van der Waals surface area contributed by atoms with Gasteiger partial charge in [-0.15, -0.1) is 0 Å². The number of hydrogen-bond acceptors (Lipinski definition) is 6. The van der Waals surface area contributed by atoms with Crippen LogP contribution in [0, 0.1) is 0 Å². The highest BCUT2D eigenvalue weighted by Gasteiger charge is 2.15. The fourth-order valence-corrected chi connectivity index (χ4v) is 2.76. The Bertz CT molecular complexity index is 991. The number of carbonyl (C=O) groups is 1. The third-order valence-electron chi connectivity index (χ3n) is 4.07. The normalized spacial score (nSPS) is 10.5. The average Bonchev–Trinajstić information content (AvgIpc) is 2.73. The number of nitrogens with one attached hydrogen (secondary N) is 2. The van der Waals surface area contributed by atoms with Crippen molar-refractivity contribution in [1.82, 2.24) is 9.97 Å². The number of hydrogen-bond donors (Lipinski definition) is 2. The number of ether oxygens (including phenoxy) is 2. The Hall–Kier alpha value is -3.61. The van der Waals surface area contributed by atoms with E-state index in [0.717, 1.165) is 5.56 Å². The van der Waals surface area contributed by atoms with Gasteiger partial charge in [-0.1, -0.05) is 30.3 Å². The predicted octanol–water partition coefficient (Wildman–Crippen LogP) is 4.23. The van der Waals surface area contributed by atoms with Crippen LogP contribution in [0.1, 0.15) is 24.3 Å². The van der Waals surface area contributed by atoms with Gasteiger partial charge < -0.3 is 20.1 Å². The Kier molecular flexibility index (Phi) is 6.29. The summed E-state index contributed by atoms with van der Waals surface area (Å²) in [4.78, 5) is 21.9. The molecule has 7 nitrogen and oxygen atoms in total. The minimum atomic E-state index is -0.344. The maximum Gasteiger partial charge on any atom is 0.274 e. The summed E-state index contributed by atoms with van der Waals surface area (Å²) < 4.78 is 10.5. The summed E-state index contributed by atoms with van der Waals surface area (Å²) in [6, 6.07) is 16.5. The Balaban J connectivity index is 1.93. The molecule has 0 saturated heterocycles. The van der Waals surface area contributed by atoms with Gasteiger partial charge in [-0.05, 0) is 26.0 Å². The van der Waals surface area contributed by atoms with Crippen LogP contribution in [-0.2, 0) is 0 Å². The van der Waals surface area contributed by atoms with Crippen LogP contribution in [-0.4, -0.2) is 36.1 Å². The molecule has 0 aliphatic carbocycles. The van der Waals surface area contributed by atoms with Gasteiger partial charge in [0, 0.05) is 29.4 Å². The molecule has 0 aliphatic heterocycles. The van der Waals surface area contributed by atoms with Gasteiger partial charge in [-0.2, -0.15) is 0 Å². The second kappa shape index (κ2) is 9.05. The molecule has 2 N–H and O–H groups in total. The average molecular weight is 392 g/mol.